The Balaban J connectivity index is 1.55. The second kappa shape index (κ2) is 15.3. The molecule has 0 aliphatic rings. The Labute approximate surface area is 227 Å². The van der Waals surface area contributed by atoms with Gasteiger partial charge in [-0.3, -0.25) is 0 Å². The van der Waals surface area contributed by atoms with Gasteiger partial charge in [-0.05, 0) is 60.1 Å². The molecule has 3 rings (SSSR count). The van der Waals surface area contributed by atoms with E-state index in [2.05, 4.69) is 24.3 Å². The van der Waals surface area contributed by atoms with Crippen LogP contribution in [0.1, 0.15) is 76.4 Å². The number of aryl methyl sites for hydroxylation is 2. The Morgan fingerprint density at radius 2 is 1.39 bits per heavy atom. The van der Waals surface area contributed by atoms with Crippen molar-refractivity contribution in [2.45, 2.75) is 68.5 Å². The lowest BCUT2D eigenvalue weighted by atomic mass is 9.96. The zero-order chi connectivity index (χ0) is 27.3. The summed E-state index contributed by atoms with van der Waals surface area (Å²) in [6, 6.07) is 21.7. The minimum absolute atomic E-state index is 0.0953. The van der Waals surface area contributed by atoms with E-state index in [1.807, 2.05) is 30.3 Å². The number of aliphatic hydroxyl groups is 1. The minimum atomic E-state index is -1.66. The van der Waals surface area contributed by atoms with Crippen LogP contribution >= 0.6 is 11.8 Å². The van der Waals surface area contributed by atoms with Gasteiger partial charge in [0, 0.05) is 5.75 Å². The quantitative estimate of drug-likeness (QED) is 0.169. The van der Waals surface area contributed by atoms with E-state index in [0.29, 0.717) is 0 Å². The van der Waals surface area contributed by atoms with Crippen LogP contribution in [0, 0.1) is 5.82 Å². The van der Waals surface area contributed by atoms with Crippen molar-refractivity contribution < 1.29 is 29.3 Å². The molecule has 3 aromatic carbocycles. The Morgan fingerprint density at radius 1 is 0.763 bits per heavy atom. The van der Waals surface area contributed by atoms with Crippen LogP contribution in [0.4, 0.5) is 4.39 Å². The third kappa shape index (κ3) is 8.99. The molecule has 0 saturated heterocycles. The highest BCUT2D eigenvalue weighted by Crippen LogP contribution is 2.37. The number of carboxylic acids is 2. The molecule has 3 N–H and O–H groups in total. The number of hydrogen-bond acceptors (Lipinski definition) is 4. The number of thioether (sulfide) groups is 1. The molecule has 202 valence electrons. The highest BCUT2D eigenvalue weighted by atomic mass is 32.2. The molecule has 0 aliphatic heterocycles. The summed E-state index contributed by atoms with van der Waals surface area (Å²) in [7, 11) is 0. The number of carbonyl (C=O) groups is 2. The van der Waals surface area contributed by atoms with Crippen molar-refractivity contribution in [1.29, 1.82) is 0 Å². The summed E-state index contributed by atoms with van der Waals surface area (Å²) < 4.78 is 14.4. The van der Waals surface area contributed by atoms with Gasteiger partial charge in [0.25, 0.3) is 0 Å². The van der Waals surface area contributed by atoms with Gasteiger partial charge in [0.2, 0.25) is 0 Å². The lowest BCUT2D eigenvalue weighted by Gasteiger charge is -2.23. The Morgan fingerprint density at radius 3 is 2.05 bits per heavy atom. The molecule has 7 heteroatoms. The number of aliphatic carboxylic acids is 1. The third-order valence-corrected chi connectivity index (χ3v) is 7.97. The first-order valence-electron chi connectivity index (χ1n) is 13.0. The number of unbranched alkanes of at least 4 members (excludes halogenated alkanes) is 5. The molecule has 0 spiro atoms. The molecule has 0 heterocycles. The average Bonchev–Trinajstić information content (AvgIpc) is 2.92. The molecular formula is C31H35FO5S. The zero-order valence-corrected chi connectivity index (χ0v) is 22.2. The summed E-state index contributed by atoms with van der Waals surface area (Å²) in [5.41, 5.74) is 3.20. The zero-order valence-electron chi connectivity index (χ0n) is 21.4. The van der Waals surface area contributed by atoms with Crippen LogP contribution in [0.2, 0.25) is 0 Å². The molecule has 3 aromatic rings. The van der Waals surface area contributed by atoms with E-state index in [0.717, 1.165) is 61.1 Å². The van der Waals surface area contributed by atoms with E-state index < -0.39 is 29.1 Å². The Hall–Kier alpha value is -3.16. The summed E-state index contributed by atoms with van der Waals surface area (Å²) in [6.45, 7) is 0. The van der Waals surface area contributed by atoms with Crippen molar-refractivity contribution in [3.63, 3.8) is 0 Å². The SMILES string of the molecule is O=C(O)c1ccc(CSC(c2ccccc2CCCCCCCCc2ccccc2)C(O)C(=O)O)c(F)c1. The van der Waals surface area contributed by atoms with Crippen LogP contribution in [-0.4, -0.2) is 33.4 Å². The summed E-state index contributed by atoms with van der Waals surface area (Å²) in [5.74, 6) is -3.13. The van der Waals surface area contributed by atoms with Gasteiger partial charge in [0.15, 0.2) is 6.10 Å². The van der Waals surface area contributed by atoms with Gasteiger partial charge in [-0.1, -0.05) is 86.3 Å². The largest absolute Gasteiger partial charge is 0.479 e. The molecule has 38 heavy (non-hydrogen) atoms. The lowest BCUT2D eigenvalue weighted by Crippen LogP contribution is -2.26. The maximum Gasteiger partial charge on any atom is 0.335 e. The number of aliphatic hydroxyl groups excluding tert-OH is 1. The highest BCUT2D eigenvalue weighted by molar-refractivity contribution is 7.98. The molecule has 0 aliphatic carbocycles. The van der Waals surface area contributed by atoms with Gasteiger partial charge >= 0.3 is 11.9 Å². The molecule has 0 bridgehead atoms. The van der Waals surface area contributed by atoms with Crippen LogP contribution in [0.3, 0.4) is 0 Å². The molecular weight excluding hydrogens is 503 g/mol. The molecule has 5 nitrogen and oxygen atoms in total. The fourth-order valence-electron chi connectivity index (χ4n) is 4.49. The summed E-state index contributed by atoms with van der Waals surface area (Å²) in [6.07, 6.45) is 6.93. The van der Waals surface area contributed by atoms with E-state index >= 15 is 0 Å². The number of carboxylic acid groups (broad SMARTS) is 2. The van der Waals surface area contributed by atoms with Gasteiger partial charge < -0.3 is 15.3 Å². The van der Waals surface area contributed by atoms with E-state index in [9.17, 15) is 24.2 Å². The van der Waals surface area contributed by atoms with Gasteiger partial charge in [-0.15, -0.1) is 11.8 Å². The average molecular weight is 539 g/mol. The third-order valence-electron chi connectivity index (χ3n) is 6.62. The van der Waals surface area contributed by atoms with Crippen molar-refractivity contribution in [1.82, 2.24) is 0 Å². The normalized spacial score (nSPS) is 12.7. The van der Waals surface area contributed by atoms with Crippen molar-refractivity contribution in [2.24, 2.45) is 0 Å². The molecule has 2 unspecified atom stereocenters. The van der Waals surface area contributed by atoms with Crippen LogP contribution in [0.5, 0.6) is 0 Å². The summed E-state index contributed by atoms with van der Waals surface area (Å²) >= 11 is 1.14. The lowest BCUT2D eigenvalue weighted by molar-refractivity contribution is -0.146. The van der Waals surface area contributed by atoms with Crippen LogP contribution in [-0.2, 0) is 23.4 Å². The molecule has 2 atom stereocenters. The van der Waals surface area contributed by atoms with Gasteiger partial charge in [-0.25, -0.2) is 14.0 Å². The standard InChI is InChI=1S/C31H35FO5S/c32-27-20-24(30(34)35)18-19-25(27)21-38-29(28(33)31(36)37)26-17-11-10-16-23(26)15-9-4-2-1-3-6-12-22-13-7-5-8-14-22/h5,7-8,10-11,13-14,16-20,28-29,33H,1-4,6,9,12,15,21H2,(H,34,35)(H,36,37). The predicted molar refractivity (Wildman–Crippen MR) is 149 cm³/mol. The van der Waals surface area contributed by atoms with Crippen molar-refractivity contribution in [3.05, 3.63) is 106 Å². The summed E-state index contributed by atoms with van der Waals surface area (Å²) in [5, 5.41) is 28.3. The maximum absolute atomic E-state index is 14.4. The van der Waals surface area contributed by atoms with Crippen molar-refractivity contribution in [3.8, 4) is 0 Å². The number of rotatable bonds is 16. The predicted octanol–water partition coefficient (Wildman–Crippen LogP) is 7.07. The van der Waals surface area contributed by atoms with E-state index in [1.54, 1.807) is 0 Å². The van der Waals surface area contributed by atoms with Gasteiger partial charge in [-0.2, -0.15) is 0 Å². The summed E-state index contributed by atoms with van der Waals surface area (Å²) in [4.78, 5) is 22.8. The van der Waals surface area contributed by atoms with Crippen molar-refractivity contribution in [2.75, 3.05) is 0 Å². The van der Waals surface area contributed by atoms with E-state index in [-0.39, 0.29) is 16.9 Å². The molecule has 0 amide bonds. The Bertz CT molecular complexity index is 1180. The molecule has 0 radical (unpaired) electrons. The van der Waals surface area contributed by atoms with Crippen LogP contribution in [0.15, 0.2) is 72.8 Å². The number of aromatic carboxylic acids is 1. The van der Waals surface area contributed by atoms with Crippen molar-refractivity contribution >= 4 is 23.7 Å². The first-order chi connectivity index (χ1) is 18.4. The molecule has 0 saturated carbocycles. The van der Waals surface area contributed by atoms with Gasteiger partial charge in [0.05, 0.1) is 10.8 Å². The molecule has 0 aromatic heterocycles. The second-order valence-electron chi connectivity index (χ2n) is 9.43. The fraction of sp³-hybridized carbons (Fsp3) is 0.355. The molecule has 0 fully saturated rings. The van der Waals surface area contributed by atoms with E-state index in [4.69, 9.17) is 5.11 Å². The number of benzene rings is 3. The highest BCUT2D eigenvalue weighted by Gasteiger charge is 2.29. The van der Waals surface area contributed by atoms with E-state index in [1.165, 1.54) is 37.0 Å². The first kappa shape index (κ1) is 29.4. The topological polar surface area (TPSA) is 94.8 Å². The Kier molecular flexibility index (Phi) is 11.8. The monoisotopic (exact) mass is 538 g/mol. The maximum atomic E-state index is 14.4. The minimum Gasteiger partial charge on any atom is -0.479 e. The first-order valence-corrected chi connectivity index (χ1v) is 14.1. The van der Waals surface area contributed by atoms with Crippen LogP contribution in [0.25, 0.3) is 0 Å². The number of hydrogen-bond donors (Lipinski definition) is 3. The smallest absolute Gasteiger partial charge is 0.335 e. The number of halogens is 1. The fourth-order valence-corrected chi connectivity index (χ4v) is 5.79. The van der Waals surface area contributed by atoms with Crippen LogP contribution < -0.4 is 0 Å². The van der Waals surface area contributed by atoms with Gasteiger partial charge in [0.1, 0.15) is 5.82 Å². The second-order valence-corrected chi connectivity index (χ2v) is 10.6.